The molecule has 1 aliphatic heterocycles. The highest BCUT2D eigenvalue weighted by Gasteiger charge is 2.22. The highest BCUT2D eigenvalue weighted by molar-refractivity contribution is 9.10. The number of halogens is 1. The van der Waals surface area contributed by atoms with Crippen LogP contribution in [-0.4, -0.2) is 23.1 Å². The smallest absolute Gasteiger partial charge is 0.133 e. The van der Waals surface area contributed by atoms with Crippen LogP contribution in [0.5, 0.6) is 0 Å². The highest BCUT2D eigenvalue weighted by atomic mass is 79.9. The Morgan fingerprint density at radius 1 is 1.44 bits per heavy atom. The summed E-state index contributed by atoms with van der Waals surface area (Å²) >= 11 is 3.46. The number of aryl methyl sites for hydroxylation is 1. The first kappa shape index (κ1) is 11.8. The molecule has 0 bridgehead atoms. The molecule has 4 heteroatoms. The summed E-state index contributed by atoms with van der Waals surface area (Å²) < 4.78 is 0.897. The molecule has 1 aromatic heterocycles. The molecule has 0 aromatic carbocycles. The minimum Gasteiger partial charge on any atom is -0.356 e. The third-order valence-corrected chi connectivity index (χ3v) is 3.64. The lowest BCUT2D eigenvalue weighted by molar-refractivity contribution is 0.568. The maximum absolute atomic E-state index is 4.59. The SMILES string of the molecule is CCc1nc(Br)cc(N2CCC(CC)C2)n1. The van der Waals surface area contributed by atoms with Crippen LogP contribution in [0, 0.1) is 5.92 Å². The van der Waals surface area contributed by atoms with Crippen molar-refractivity contribution >= 4 is 21.7 Å². The zero-order chi connectivity index (χ0) is 11.5. The van der Waals surface area contributed by atoms with Crippen LogP contribution in [-0.2, 0) is 6.42 Å². The largest absolute Gasteiger partial charge is 0.356 e. The van der Waals surface area contributed by atoms with Crippen LogP contribution in [0.2, 0.25) is 0 Å². The normalized spacial score (nSPS) is 20.4. The van der Waals surface area contributed by atoms with Crippen LogP contribution >= 0.6 is 15.9 Å². The van der Waals surface area contributed by atoms with Crippen molar-refractivity contribution in [2.75, 3.05) is 18.0 Å². The third-order valence-electron chi connectivity index (χ3n) is 3.23. The summed E-state index contributed by atoms with van der Waals surface area (Å²) in [6.45, 7) is 6.63. The van der Waals surface area contributed by atoms with E-state index in [0.29, 0.717) is 0 Å². The van der Waals surface area contributed by atoms with Gasteiger partial charge in [-0.25, -0.2) is 9.97 Å². The Morgan fingerprint density at radius 3 is 2.88 bits per heavy atom. The van der Waals surface area contributed by atoms with Gasteiger partial charge in [-0.2, -0.15) is 0 Å². The lowest BCUT2D eigenvalue weighted by Crippen LogP contribution is -2.21. The Morgan fingerprint density at radius 2 is 2.25 bits per heavy atom. The Kier molecular flexibility index (Phi) is 3.79. The zero-order valence-electron chi connectivity index (χ0n) is 9.91. The fourth-order valence-electron chi connectivity index (χ4n) is 2.15. The van der Waals surface area contributed by atoms with Crippen molar-refractivity contribution in [1.82, 2.24) is 9.97 Å². The van der Waals surface area contributed by atoms with E-state index in [9.17, 15) is 0 Å². The average molecular weight is 284 g/mol. The molecule has 1 unspecified atom stereocenters. The van der Waals surface area contributed by atoms with Gasteiger partial charge < -0.3 is 4.90 Å². The molecular formula is C12H18BrN3. The van der Waals surface area contributed by atoms with Crippen molar-refractivity contribution in [2.24, 2.45) is 5.92 Å². The van der Waals surface area contributed by atoms with Gasteiger partial charge in [-0.1, -0.05) is 20.3 Å². The van der Waals surface area contributed by atoms with Crippen molar-refractivity contribution in [3.05, 3.63) is 16.5 Å². The maximum Gasteiger partial charge on any atom is 0.133 e. The predicted octanol–water partition coefficient (Wildman–Crippen LogP) is 3.04. The van der Waals surface area contributed by atoms with Crippen molar-refractivity contribution in [3.63, 3.8) is 0 Å². The molecule has 2 rings (SSSR count). The number of hydrogen-bond donors (Lipinski definition) is 0. The van der Waals surface area contributed by atoms with Crippen molar-refractivity contribution in [2.45, 2.75) is 33.1 Å². The van der Waals surface area contributed by atoms with E-state index in [1.165, 1.54) is 12.8 Å². The van der Waals surface area contributed by atoms with E-state index in [4.69, 9.17) is 0 Å². The fourth-order valence-corrected chi connectivity index (χ4v) is 2.56. The monoisotopic (exact) mass is 283 g/mol. The Labute approximate surface area is 105 Å². The second-order valence-corrected chi connectivity index (χ2v) is 5.14. The number of aromatic nitrogens is 2. The van der Waals surface area contributed by atoms with Crippen LogP contribution in [0.25, 0.3) is 0 Å². The van der Waals surface area contributed by atoms with E-state index in [-0.39, 0.29) is 0 Å². The van der Waals surface area contributed by atoms with E-state index in [2.05, 4.69) is 44.6 Å². The molecule has 3 nitrogen and oxygen atoms in total. The summed E-state index contributed by atoms with van der Waals surface area (Å²) in [5, 5.41) is 0. The summed E-state index contributed by atoms with van der Waals surface area (Å²) in [5.74, 6) is 2.83. The lowest BCUT2D eigenvalue weighted by Gasteiger charge is -2.18. The van der Waals surface area contributed by atoms with E-state index in [0.717, 1.165) is 41.7 Å². The average Bonchev–Trinajstić information content (AvgIpc) is 2.76. The Balaban J connectivity index is 2.17. The van der Waals surface area contributed by atoms with Crippen LogP contribution in [0.15, 0.2) is 10.7 Å². The predicted molar refractivity (Wildman–Crippen MR) is 69.7 cm³/mol. The van der Waals surface area contributed by atoms with E-state index >= 15 is 0 Å². The first-order valence-electron chi connectivity index (χ1n) is 6.01. The molecule has 0 saturated carbocycles. The van der Waals surface area contributed by atoms with Gasteiger partial charge in [-0.15, -0.1) is 0 Å². The molecule has 1 aromatic rings. The van der Waals surface area contributed by atoms with Crippen molar-refractivity contribution in [3.8, 4) is 0 Å². The number of nitrogens with zero attached hydrogens (tertiary/aromatic N) is 3. The van der Waals surface area contributed by atoms with Crippen LogP contribution < -0.4 is 4.90 Å². The lowest BCUT2D eigenvalue weighted by atomic mass is 10.1. The van der Waals surface area contributed by atoms with Gasteiger partial charge in [0.05, 0.1) is 0 Å². The minimum absolute atomic E-state index is 0.832. The van der Waals surface area contributed by atoms with Crippen molar-refractivity contribution < 1.29 is 0 Å². The molecule has 16 heavy (non-hydrogen) atoms. The molecule has 0 aliphatic carbocycles. The first-order valence-corrected chi connectivity index (χ1v) is 6.80. The fraction of sp³-hybridized carbons (Fsp3) is 0.667. The highest BCUT2D eigenvalue weighted by Crippen LogP contribution is 2.25. The number of rotatable bonds is 3. The van der Waals surface area contributed by atoms with Gasteiger partial charge >= 0.3 is 0 Å². The molecule has 1 saturated heterocycles. The molecule has 0 radical (unpaired) electrons. The van der Waals surface area contributed by atoms with Gasteiger partial charge in [0.2, 0.25) is 0 Å². The zero-order valence-corrected chi connectivity index (χ0v) is 11.5. The second kappa shape index (κ2) is 5.13. The minimum atomic E-state index is 0.832. The summed E-state index contributed by atoms with van der Waals surface area (Å²) in [5.41, 5.74) is 0. The van der Waals surface area contributed by atoms with Crippen LogP contribution in [0.4, 0.5) is 5.82 Å². The van der Waals surface area contributed by atoms with E-state index in [1.807, 2.05) is 6.07 Å². The summed E-state index contributed by atoms with van der Waals surface area (Å²) in [6, 6.07) is 2.02. The molecule has 2 heterocycles. The summed E-state index contributed by atoms with van der Waals surface area (Å²) in [6.07, 6.45) is 3.44. The maximum atomic E-state index is 4.59. The topological polar surface area (TPSA) is 29.0 Å². The second-order valence-electron chi connectivity index (χ2n) is 4.33. The number of anilines is 1. The van der Waals surface area contributed by atoms with E-state index in [1.54, 1.807) is 0 Å². The molecule has 1 atom stereocenters. The van der Waals surface area contributed by atoms with Gasteiger partial charge in [0.15, 0.2) is 0 Å². The van der Waals surface area contributed by atoms with Crippen LogP contribution in [0.3, 0.4) is 0 Å². The van der Waals surface area contributed by atoms with Gasteiger partial charge in [-0.05, 0) is 28.3 Å². The Hall–Kier alpha value is -0.640. The quantitative estimate of drug-likeness (QED) is 0.799. The molecule has 1 fully saturated rings. The van der Waals surface area contributed by atoms with Gasteiger partial charge in [0, 0.05) is 25.6 Å². The van der Waals surface area contributed by atoms with Crippen LogP contribution in [0.1, 0.15) is 32.5 Å². The molecule has 0 amide bonds. The van der Waals surface area contributed by atoms with Gasteiger partial charge in [0.25, 0.3) is 0 Å². The van der Waals surface area contributed by atoms with E-state index < -0.39 is 0 Å². The molecule has 0 N–H and O–H groups in total. The van der Waals surface area contributed by atoms with Crippen molar-refractivity contribution in [1.29, 1.82) is 0 Å². The van der Waals surface area contributed by atoms with Gasteiger partial charge in [0.1, 0.15) is 16.2 Å². The first-order chi connectivity index (χ1) is 7.72. The molecular weight excluding hydrogens is 266 g/mol. The summed E-state index contributed by atoms with van der Waals surface area (Å²) in [4.78, 5) is 11.3. The summed E-state index contributed by atoms with van der Waals surface area (Å²) in [7, 11) is 0. The molecule has 1 aliphatic rings. The molecule has 0 spiro atoms. The Bertz CT molecular complexity index is 367. The molecule has 88 valence electrons. The van der Waals surface area contributed by atoms with Gasteiger partial charge in [-0.3, -0.25) is 0 Å². The third kappa shape index (κ3) is 2.54. The standard InChI is InChI=1S/C12H18BrN3/c1-3-9-5-6-16(8-9)12-7-10(13)14-11(4-2)15-12/h7,9H,3-6,8H2,1-2H3. The number of hydrogen-bond acceptors (Lipinski definition) is 3.